The molecule has 91 heavy (non-hydrogen) atoms. The second-order valence-corrected chi connectivity index (χ2v) is 22.9. The minimum absolute atomic E-state index is 0. The van der Waals surface area contributed by atoms with E-state index in [1.807, 2.05) is 66.9 Å². The molecule has 2 heterocycles. The first-order valence-electron chi connectivity index (χ1n) is 30.7. The number of rotatable bonds is 9. The van der Waals surface area contributed by atoms with Gasteiger partial charge in [0.1, 0.15) is 0 Å². The van der Waals surface area contributed by atoms with Crippen molar-refractivity contribution in [3.8, 4) is 100 Å². The van der Waals surface area contributed by atoms with Crippen molar-refractivity contribution in [3.05, 3.63) is 352 Å². The predicted molar refractivity (Wildman–Crippen MR) is 380 cm³/mol. The Morgan fingerprint density at radius 2 is 0.648 bits per heavy atom. The van der Waals surface area contributed by atoms with Gasteiger partial charge in [0.2, 0.25) is 0 Å². The average Bonchev–Trinajstić information content (AvgIpc) is 0.944. The van der Waals surface area contributed by atoms with E-state index in [2.05, 4.69) is 284 Å². The molecule has 15 aromatic carbocycles. The topological polar surface area (TPSA) is 25.8 Å². The van der Waals surface area contributed by atoms with Gasteiger partial charge in [0.15, 0.2) is 0 Å². The minimum atomic E-state index is 0. The molecule has 0 bridgehead atoms. The number of nitrogens with zero attached hydrogens (tertiary/aromatic N) is 2. The Morgan fingerprint density at radius 1 is 0.220 bits per heavy atom. The summed E-state index contributed by atoms with van der Waals surface area (Å²) < 4.78 is 0. The van der Waals surface area contributed by atoms with Crippen LogP contribution in [0.5, 0.6) is 0 Å². The number of aromatic nitrogens is 2. The maximum atomic E-state index is 4.78. The Kier molecular flexibility index (Phi) is 15.3. The number of benzene rings is 15. The standard InChI is InChI=1S/C77H48N.C11H8N.Ir/c1-5-27-61-50(17-1)21-12-31-65(61)56-39-38-54-40-41-72(68-33-14-23-52-19-3-7-29-63(52)68)76(74(54)49-56)60-47-58(55-25-11-26-57(45-55)75-37-9-10-44-78-75)46-59(48-60)66-42-43-73(69-34-15-24-53-20-4-8-30-64(53)69)77-70(66)35-16-36-71(77)67-32-13-22-51-18-2-6-28-62(51)67;1-2-6-10(7-3-1)11-8-4-5-9-12-11;/h1-25,27-49H;1-6,8-9H;/q2*-1;. The summed E-state index contributed by atoms with van der Waals surface area (Å²) in [6.07, 6.45) is 3.64. The van der Waals surface area contributed by atoms with Crippen LogP contribution in [0.3, 0.4) is 0 Å². The van der Waals surface area contributed by atoms with Crippen molar-refractivity contribution in [1.82, 2.24) is 9.97 Å². The van der Waals surface area contributed by atoms with Gasteiger partial charge in [-0.05, 0) is 185 Å². The van der Waals surface area contributed by atoms with E-state index < -0.39 is 0 Å². The molecule has 0 fully saturated rings. The maximum absolute atomic E-state index is 4.78. The zero-order chi connectivity index (χ0) is 59.7. The number of fused-ring (bicyclic) bond motifs is 6. The van der Waals surface area contributed by atoms with Crippen LogP contribution in [0.15, 0.2) is 340 Å². The normalized spacial score (nSPS) is 11.2. The van der Waals surface area contributed by atoms with Crippen molar-refractivity contribution < 1.29 is 20.1 Å². The van der Waals surface area contributed by atoms with Crippen LogP contribution in [0.25, 0.3) is 165 Å². The minimum Gasteiger partial charge on any atom is -0.305 e. The summed E-state index contributed by atoms with van der Waals surface area (Å²) in [4.78, 5) is 9.00. The van der Waals surface area contributed by atoms with Crippen LogP contribution < -0.4 is 0 Å². The zero-order valence-electron chi connectivity index (χ0n) is 49.6. The molecule has 429 valence electrons. The fourth-order valence-electron chi connectivity index (χ4n) is 13.5. The third-order valence-corrected chi connectivity index (χ3v) is 17.7. The molecule has 0 spiro atoms. The molecule has 0 aliphatic carbocycles. The van der Waals surface area contributed by atoms with Gasteiger partial charge in [-0.25, -0.2) is 0 Å². The van der Waals surface area contributed by atoms with Crippen LogP contribution in [0, 0.1) is 12.1 Å². The van der Waals surface area contributed by atoms with Crippen molar-refractivity contribution in [2.24, 2.45) is 0 Å². The molecular weight excluding hydrogens is 1280 g/mol. The van der Waals surface area contributed by atoms with Gasteiger partial charge in [0.05, 0.1) is 0 Å². The van der Waals surface area contributed by atoms with Gasteiger partial charge >= 0.3 is 0 Å². The molecule has 0 saturated heterocycles. The molecule has 0 saturated carbocycles. The van der Waals surface area contributed by atoms with Crippen molar-refractivity contribution >= 4 is 64.6 Å². The van der Waals surface area contributed by atoms with E-state index in [4.69, 9.17) is 4.98 Å². The summed E-state index contributed by atoms with van der Waals surface area (Å²) in [5.74, 6) is 0. The van der Waals surface area contributed by atoms with Crippen LogP contribution in [0.4, 0.5) is 0 Å². The molecular formula is C88H56IrN2-2. The number of hydrogen-bond donors (Lipinski definition) is 0. The number of hydrogen-bond acceptors (Lipinski definition) is 2. The molecule has 3 heteroatoms. The van der Waals surface area contributed by atoms with Crippen LogP contribution in [-0.2, 0) is 20.1 Å². The van der Waals surface area contributed by atoms with Gasteiger partial charge in [0.25, 0.3) is 0 Å². The van der Waals surface area contributed by atoms with Gasteiger partial charge in [-0.15, -0.1) is 71.3 Å². The SMILES string of the molecule is [Ir].[c-]1ccc(-c2cc(-c3c(-c4cccc5ccccc45)ccc4ccc(-c5cccc6ccccc56)cc34)cc(-c3ccc(-c4cccc5ccccc45)c4c(-c5cccc6ccccc56)cccc34)c2)cc1-c1ccccn1.[c-]1ccccc1-c1ccccn1. The Labute approximate surface area is 543 Å². The third kappa shape index (κ3) is 10.8. The maximum Gasteiger partial charge on any atom is 0.0160 e. The Balaban J connectivity index is 0.000000475. The Bertz CT molecular complexity index is 5400. The van der Waals surface area contributed by atoms with Gasteiger partial charge in [0, 0.05) is 32.5 Å². The van der Waals surface area contributed by atoms with Crippen LogP contribution in [0.2, 0.25) is 0 Å². The summed E-state index contributed by atoms with van der Waals surface area (Å²) in [5, 5.41) is 14.6. The third-order valence-electron chi connectivity index (χ3n) is 17.7. The summed E-state index contributed by atoms with van der Waals surface area (Å²) in [6, 6.07) is 125. The molecule has 0 aliphatic heterocycles. The fourth-order valence-corrected chi connectivity index (χ4v) is 13.5. The molecule has 1 radical (unpaired) electrons. The van der Waals surface area contributed by atoms with E-state index in [0.717, 1.165) is 50.3 Å². The van der Waals surface area contributed by atoms with Gasteiger partial charge in [-0.1, -0.05) is 249 Å². The molecule has 0 aliphatic rings. The molecule has 0 amide bonds. The van der Waals surface area contributed by atoms with E-state index >= 15 is 0 Å². The van der Waals surface area contributed by atoms with E-state index in [9.17, 15) is 0 Å². The van der Waals surface area contributed by atoms with Crippen molar-refractivity contribution in [3.63, 3.8) is 0 Å². The molecule has 0 atom stereocenters. The molecule has 17 rings (SSSR count). The second-order valence-electron chi connectivity index (χ2n) is 22.9. The van der Waals surface area contributed by atoms with E-state index in [-0.39, 0.29) is 20.1 Å². The molecule has 0 unspecified atom stereocenters. The summed E-state index contributed by atoms with van der Waals surface area (Å²) in [7, 11) is 0. The number of pyridine rings is 2. The Morgan fingerprint density at radius 3 is 1.25 bits per heavy atom. The monoisotopic (exact) mass is 1330 g/mol. The van der Waals surface area contributed by atoms with Crippen LogP contribution in [-0.4, -0.2) is 9.97 Å². The average molecular weight is 1330 g/mol. The summed E-state index contributed by atoms with van der Waals surface area (Å²) in [5.41, 5.74) is 20.3. The van der Waals surface area contributed by atoms with E-state index in [1.54, 1.807) is 6.20 Å². The molecule has 17 aromatic rings. The first-order chi connectivity index (χ1) is 44.6. The van der Waals surface area contributed by atoms with Gasteiger partial charge in [-0.3, -0.25) is 0 Å². The quantitative estimate of drug-likeness (QED) is 0.135. The molecule has 2 nitrogen and oxygen atoms in total. The molecule has 0 N–H and O–H groups in total. The molecule has 2 aromatic heterocycles. The second kappa shape index (κ2) is 24.8. The first-order valence-corrected chi connectivity index (χ1v) is 30.7. The van der Waals surface area contributed by atoms with Crippen molar-refractivity contribution in [2.45, 2.75) is 0 Å². The fraction of sp³-hybridized carbons (Fsp3) is 0. The zero-order valence-corrected chi connectivity index (χ0v) is 52.0. The van der Waals surface area contributed by atoms with Crippen molar-refractivity contribution in [2.75, 3.05) is 0 Å². The smallest absolute Gasteiger partial charge is 0.0160 e. The van der Waals surface area contributed by atoms with Crippen LogP contribution >= 0.6 is 0 Å². The van der Waals surface area contributed by atoms with Gasteiger partial charge in [-0.2, -0.15) is 0 Å². The van der Waals surface area contributed by atoms with E-state index in [1.165, 1.54) is 115 Å². The van der Waals surface area contributed by atoms with Crippen molar-refractivity contribution in [1.29, 1.82) is 0 Å². The Hall–Kier alpha value is -11.2. The van der Waals surface area contributed by atoms with Gasteiger partial charge < -0.3 is 9.97 Å². The van der Waals surface area contributed by atoms with Crippen LogP contribution in [0.1, 0.15) is 0 Å². The first kappa shape index (κ1) is 56.3. The predicted octanol–water partition coefficient (Wildman–Crippen LogP) is 23.7. The summed E-state index contributed by atoms with van der Waals surface area (Å²) >= 11 is 0. The summed E-state index contributed by atoms with van der Waals surface area (Å²) in [6.45, 7) is 0. The largest absolute Gasteiger partial charge is 0.305 e. The van der Waals surface area contributed by atoms with E-state index in [0.29, 0.717) is 0 Å².